The Morgan fingerprint density at radius 3 is 2.10 bits per heavy atom. The van der Waals surface area contributed by atoms with Crippen LogP contribution in [-0.2, 0) is 28.3 Å². The Balaban J connectivity index is 1.89. The number of hydrogen-bond acceptors (Lipinski definition) is 3. The molecule has 3 aromatic rings. The zero-order valence-corrected chi connectivity index (χ0v) is 21.8. The highest BCUT2D eigenvalue weighted by molar-refractivity contribution is 5.82. The number of hydrogen-bond donors (Lipinski definition) is 0. The van der Waals surface area contributed by atoms with Crippen molar-refractivity contribution >= 4 is 17.3 Å². The summed E-state index contributed by atoms with van der Waals surface area (Å²) in [5.41, 5.74) is 1.81. The molecule has 0 aromatic heterocycles. The van der Waals surface area contributed by atoms with Crippen LogP contribution in [-0.4, -0.2) is 19.6 Å². The average Bonchev–Trinajstić information content (AvgIpc) is 2.89. The SMILES string of the molecule is COC(=O)C(CC(C)C)c1cc(-c2ccc(C(F)(F)F)cc2)cc(N2CCCc3ccc(C(F)(F)F)cc32)c1. The average molecular weight is 550 g/mol. The molecule has 3 aromatic carbocycles. The number of ether oxygens (including phenoxy) is 1. The van der Waals surface area contributed by atoms with Crippen LogP contribution in [0.5, 0.6) is 0 Å². The molecule has 9 heteroatoms. The molecule has 0 saturated heterocycles. The topological polar surface area (TPSA) is 29.5 Å². The zero-order chi connectivity index (χ0) is 28.5. The van der Waals surface area contributed by atoms with Crippen molar-refractivity contribution in [2.45, 2.75) is 51.4 Å². The van der Waals surface area contributed by atoms with Gasteiger partial charge in [0.1, 0.15) is 0 Å². The number of esters is 1. The van der Waals surface area contributed by atoms with E-state index in [1.165, 1.54) is 25.3 Å². The smallest absolute Gasteiger partial charge is 0.416 e. The maximum Gasteiger partial charge on any atom is 0.416 e. The van der Waals surface area contributed by atoms with E-state index in [-0.39, 0.29) is 5.92 Å². The Labute approximate surface area is 223 Å². The molecule has 4 rings (SSSR count). The highest BCUT2D eigenvalue weighted by atomic mass is 19.4. The van der Waals surface area contributed by atoms with E-state index in [0.29, 0.717) is 53.9 Å². The Kier molecular flexibility index (Phi) is 8.00. The fourth-order valence-electron chi connectivity index (χ4n) is 5.01. The first-order chi connectivity index (χ1) is 18.3. The number of methoxy groups -OCH3 is 1. The van der Waals surface area contributed by atoms with Crippen molar-refractivity contribution in [1.82, 2.24) is 0 Å². The molecule has 1 atom stereocenters. The van der Waals surface area contributed by atoms with Crippen LogP contribution < -0.4 is 4.90 Å². The lowest BCUT2D eigenvalue weighted by molar-refractivity contribution is -0.143. The Morgan fingerprint density at radius 2 is 1.51 bits per heavy atom. The van der Waals surface area contributed by atoms with Gasteiger partial charge in [-0.3, -0.25) is 4.79 Å². The minimum Gasteiger partial charge on any atom is -0.469 e. The summed E-state index contributed by atoms with van der Waals surface area (Å²) in [6.07, 6.45) is -7.24. The van der Waals surface area contributed by atoms with Crippen LogP contribution >= 0.6 is 0 Å². The predicted molar refractivity (Wildman–Crippen MR) is 138 cm³/mol. The maximum absolute atomic E-state index is 13.6. The largest absolute Gasteiger partial charge is 0.469 e. The number of anilines is 2. The maximum atomic E-state index is 13.6. The molecular weight excluding hydrogens is 520 g/mol. The Bertz CT molecular complexity index is 1330. The van der Waals surface area contributed by atoms with E-state index >= 15 is 0 Å². The van der Waals surface area contributed by atoms with Crippen LogP contribution in [0.1, 0.15) is 54.9 Å². The van der Waals surface area contributed by atoms with E-state index in [9.17, 15) is 31.1 Å². The van der Waals surface area contributed by atoms with E-state index in [2.05, 4.69) is 0 Å². The van der Waals surface area contributed by atoms with Crippen molar-refractivity contribution < 1.29 is 35.9 Å². The molecule has 1 unspecified atom stereocenters. The fraction of sp³-hybridized carbons (Fsp3) is 0.367. The van der Waals surface area contributed by atoms with Crippen LogP contribution in [0.25, 0.3) is 11.1 Å². The van der Waals surface area contributed by atoms with Crippen LogP contribution in [0.3, 0.4) is 0 Å². The van der Waals surface area contributed by atoms with Crippen LogP contribution in [0.15, 0.2) is 60.7 Å². The zero-order valence-electron chi connectivity index (χ0n) is 21.8. The highest BCUT2D eigenvalue weighted by Crippen LogP contribution is 2.41. The van der Waals surface area contributed by atoms with E-state index < -0.39 is 35.4 Å². The van der Waals surface area contributed by atoms with E-state index in [1.807, 2.05) is 13.8 Å². The molecule has 0 radical (unpaired) electrons. The minimum atomic E-state index is -4.52. The van der Waals surface area contributed by atoms with Crippen LogP contribution in [0.4, 0.5) is 37.7 Å². The molecule has 0 bridgehead atoms. The summed E-state index contributed by atoms with van der Waals surface area (Å²) in [5, 5.41) is 0. The number of alkyl halides is 6. The molecule has 1 heterocycles. The van der Waals surface area contributed by atoms with Crippen molar-refractivity contribution in [2.75, 3.05) is 18.6 Å². The van der Waals surface area contributed by atoms with Crippen LogP contribution in [0, 0.1) is 5.92 Å². The van der Waals surface area contributed by atoms with Gasteiger partial charge in [-0.15, -0.1) is 0 Å². The number of halogens is 6. The van der Waals surface area contributed by atoms with Crippen molar-refractivity contribution in [3.8, 4) is 11.1 Å². The second-order valence-electron chi connectivity index (χ2n) is 10.2. The van der Waals surface area contributed by atoms with E-state index in [0.717, 1.165) is 29.8 Å². The molecule has 0 N–H and O–H groups in total. The third-order valence-electron chi connectivity index (χ3n) is 6.92. The lowest BCUT2D eigenvalue weighted by Crippen LogP contribution is -2.26. The lowest BCUT2D eigenvalue weighted by atomic mass is 9.87. The quantitative estimate of drug-likeness (QED) is 0.227. The summed E-state index contributed by atoms with van der Waals surface area (Å²) >= 11 is 0. The molecule has 0 fully saturated rings. The lowest BCUT2D eigenvalue weighted by Gasteiger charge is -2.33. The standard InChI is InChI=1S/C30H29F6NO2/c1-18(2)13-26(28(38)39-3)22-14-21(19-6-9-23(10-7-19)29(31,32)33)15-25(16-22)37-12-4-5-20-8-11-24(17-27(20)37)30(34,35)36/h6-11,14-18,26H,4-5,12-13H2,1-3H3. The highest BCUT2D eigenvalue weighted by Gasteiger charge is 2.33. The van der Waals surface area contributed by atoms with Gasteiger partial charge in [-0.2, -0.15) is 26.3 Å². The molecule has 0 aliphatic carbocycles. The molecule has 208 valence electrons. The Morgan fingerprint density at radius 1 is 0.872 bits per heavy atom. The van der Waals surface area contributed by atoms with Gasteiger partial charge in [0.25, 0.3) is 0 Å². The van der Waals surface area contributed by atoms with Gasteiger partial charge < -0.3 is 9.64 Å². The van der Waals surface area contributed by atoms with Gasteiger partial charge in [-0.1, -0.05) is 38.1 Å². The van der Waals surface area contributed by atoms with Gasteiger partial charge in [-0.05, 0) is 83.8 Å². The first-order valence-corrected chi connectivity index (χ1v) is 12.7. The number of carbonyl (C=O) groups is 1. The molecule has 1 aliphatic heterocycles. The second kappa shape index (κ2) is 10.9. The number of nitrogens with zero attached hydrogens (tertiary/aromatic N) is 1. The summed E-state index contributed by atoms with van der Waals surface area (Å²) < 4.78 is 85.2. The summed E-state index contributed by atoms with van der Waals surface area (Å²) in [6.45, 7) is 4.35. The third kappa shape index (κ3) is 6.40. The van der Waals surface area contributed by atoms with Crippen LogP contribution in [0.2, 0.25) is 0 Å². The van der Waals surface area contributed by atoms with Crippen molar-refractivity contribution in [3.63, 3.8) is 0 Å². The fourth-order valence-corrected chi connectivity index (χ4v) is 5.01. The van der Waals surface area contributed by atoms with Gasteiger partial charge in [0.2, 0.25) is 0 Å². The van der Waals surface area contributed by atoms with Gasteiger partial charge in [0.05, 0.1) is 24.2 Å². The van der Waals surface area contributed by atoms with Crippen molar-refractivity contribution in [1.29, 1.82) is 0 Å². The summed E-state index contributed by atoms with van der Waals surface area (Å²) in [7, 11) is 1.29. The molecule has 0 spiro atoms. The molecule has 0 saturated carbocycles. The van der Waals surface area contributed by atoms with Gasteiger partial charge in [0.15, 0.2) is 0 Å². The number of rotatable bonds is 6. The first-order valence-electron chi connectivity index (χ1n) is 12.7. The summed E-state index contributed by atoms with van der Waals surface area (Å²) in [6, 6.07) is 13.6. The molecular formula is C30H29F6NO2. The third-order valence-corrected chi connectivity index (χ3v) is 6.92. The monoisotopic (exact) mass is 549 g/mol. The number of aryl methyl sites for hydroxylation is 1. The molecule has 0 amide bonds. The second-order valence-corrected chi connectivity index (χ2v) is 10.2. The molecule has 1 aliphatic rings. The van der Waals surface area contributed by atoms with Gasteiger partial charge in [0, 0.05) is 17.9 Å². The molecule has 39 heavy (non-hydrogen) atoms. The van der Waals surface area contributed by atoms with Gasteiger partial charge >= 0.3 is 18.3 Å². The van der Waals surface area contributed by atoms with Gasteiger partial charge in [-0.25, -0.2) is 0 Å². The minimum absolute atomic E-state index is 0.123. The molecule has 3 nitrogen and oxygen atoms in total. The van der Waals surface area contributed by atoms with E-state index in [4.69, 9.17) is 4.74 Å². The van der Waals surface area contributed by atoms with E-state index in [1.54, 1.807) is 23.1 Å². The number of carbonyl (C=O) groups excluding carboxylic acids is 1. The summed E-state index contributed by atoms with van der Waals surface area (Å²) in [4.78, 5) is 14.6. The Hall–Kier alpha value is -3.49. The predicted octanol–water partition coefficient (Wildman–Crippen LogP) is 8.78. The van der Waals surface area contributed by atoms with Crippen molar-refractivity contribution in [2.24, 2.45) is 5.92 Å². The summed E-state index contributed by atoms with van der Waals surface area (Å²) in [5.74, 6) is -0.996. The van der Waals surface area contributed by atoms with Crippen molar-refractivity contribution in [3.05, 3.63) is 82.9 Å². The number of benzene rings is 3. The number of fused-ring (bicyclic) bond motifs is 1. The first kappa shape index (κ1) is 28.5. The normalized spacial score (nSPS) is 14.8.